The number of ether oxygens (including phenoxy) is 1. The number of carbonyl (C=O) groups excluding carboxylic acids is 2. The first-order chi connectivity index (χ1) is 6.54. The molecule has 1 aliphatic rings. The lowest BCUT2D eigenvalue weighted by molar-refractivity contribution is -0.123. The van der Waals surface area contributed by atoms with E-state index in [0.29, 0.717) is 6.42 Å². The van der Waals surface area contributed by atoms with E-state index in [-0.39, 0.29) is 24.0 Å². The second-order valence-electron chi connectivity index (χ2n) is 3.60. The fraction of sp³-hybridized carbons (Fsp3) is 0.778. The predicted molar refractivity (Wildman–Crippen MR) is 51.0 cm³/mol. The molecule has 0 bridgehead atoms. The van der Waals surface area contributed by atoms with E-state index >= 15 is 0 Å². The maximum absolute atomic E-state index is 11.6. The summed E-state index contributed by atoms with van der Waals surface area (Å²) in [5.74, 6) is 0.00481. The third kappa shape index (κ3) is 2.45. The van der Waals surface area contributed by atoms with Crippen molar-refractivity contribution < 1.29 is 14.3 Å². The van der Waals surface area contributed by atoms with Crippen molar-refractivity contribution in [3.63, 3.8) is 0 Å². The van der Waals surface area contributed by atoms with Crippen molar-refractivity contribution >= 4 is 11.8 Å². The highest BCUT2D eigenvalue weighted by Gasteiger charge is 2.33. The summed E-state index contributed by atoms with van der Waals surface area (Å²) in [6.07, 6.45) is 0.222. The van der Waals surface area contributed by atoms with Crippen LogP contribution < -0.4 is 10.6 Å². The van der Waals surface area contributed by atoms with Crippen LogP contribution in [0.15, 0.2) is 0 Å². The number of methoxy groups -OCH3 is 1. The van der Waals surface area contributed by atoms with Gasteiger partial charge in [0.25, 0.3) is 0 Å². The minimum Gasteiger partial charge on any atom is -0.381 e. The van der Waals surface area contributed by atoms with Crippen molar-refractivity contribution in [2.24, 2.45) is 0 Å². The molecule has 0 aromatic heterocycles. The SMILES string of the molecule is COC(C)CC(=O)C1NC(=O)NC1C. The van der Waals surface area contributed by atoms with Crippen LogP contribution in [0.5, 0.6) is 0 Å². The molecular weight excluding hydrogens is 184 g/mol. The topological polar surface area (TPSA) is 67.4 Å². The van der Waals surface area contributed by atoms with Crippen molar-refractivity contribution in [2.75, 3.05) is 7.11 Å². The van der Waals surface area contributed by atoms with Gasteiger partial charge in [0.1, 0.15) is 6.04 Å². The first-order valence-electron chi connectivity index (χ1n) is 4.67. The Bertz CT molecular complexity index is 242. The summed E-state index contributed by atoms with van der Waals surface area (Å²) in [6.45, 7) is 3.63. The van der Waals surface area contributed by atoms with Crippen LogP contribution in [0.3, 0.4) is 0 Å². The molecule has 0 aromatic rings. The van der Waals surface area contributed by atoms with E-state index in [9.17, 15) is 9.59 Å². The van der Waals surface area contributed by atoms with Crippen LogP contribution in [0, 0.1) is 0 Å². The zero-order valence-corrected chi connectivity index (χ0v) is 8.66. The lowest BCUT2D eigenvalue weighted by Gasteiger charge is -2.15. The number of Topliss-reactive ketones (excluding diaryl/α,β-unsaturated/α-hetero) is 1. The number of hydrogen-bond acceptors (Lipinski definition) is 3. The van der Waals surface area contributed by atoms with Crippen LogP contribution >= 0.6 is 0 Å². The highest BCUT2D eigenvalue weighted by Crippen LogP contribution is 2.07. The van der Waals surface area contributed by atoms with Gasteiger partial charge >= 0.3 is 6.03 Å². The lowest BCUT2D eigenvalue weighted by Crippen LogP contribution is -2.40. The monoisotopic (exact) mass is 200 g/mol. The van der Waals surface area contributed by atoms with Gasteiger partial charge in [0, 0.05) is 13.5 Å². The number of nitrogens with one attached hydrogen (secondary N) is 2. The minimum absolute atomic E-state index is 0.00481. The molecular formula is C9H16N2O3. The van der Waals surface area contributed by atoms with Gasteiger partial charge in [-0.25, -0.2) is 4.79 Å². The first kappa shape index (κ1) is 11.0. The molecule has 0 radical (unpaired) electrons. The van der Waals surface area contributed by atoms with Crippen LogP contribution in [0.1, 0.15) is 20.3 Å². The molecule has 3 atom stereocenters. The van der Waals surface area contributed by atoms with Crippen LogP contribution in [-0.2, 0) is 9.53 Å². The van der Waals surface area contributed by atoms with E-state index < -0.39 is 6.04 Å². The molecule has 0 aromatic carbocycles. The fourth-order valence-corrected chi connectivity index (χ4v) is 1.45. The molecule has 1 rings (SSSR count). The predicted octanol–water partition coefficient (Wildman–Crippen LogP) is 0.0504. The van der Waals surface area contributed by atoms with Crippen molar-refractivity contribution in [3.05, 3.63) is 0 Å². The normalized spacial score (nSPS) is 28.1. The van der Waals surface area contributed by atoms with Gasteiger partial charge in [-0.15, -0.1) is 0 Å². The van der Waals surface area contributed by atoms with Gasteiger partial charge < -0.3 is 15.4 Å². The van der Waals surface area contributed by atoms with Gasteiger partial charge in [-0.2, -0.15) is 0 Å². The Kier molecular flexibility index (Phi) is 3.46. The van der Waals surface area contributed by atoms with E-state index in [4.69, 9.17) is 4.74 Å². The van der Waals surface area contributed by atoms with Crippen molar-refractivity contribution in [3.8, 4) is 0 Å². The lowest BCUT2D eigenvalue weighted by atomic mass is 10.0. The summed E-state index contributed by atoms with van der Waals surface area (Å²) in [6, 6.07) is -0.833. The zero-order chi connectivity index (χ0) is 10.7. The Morgan fingerprint density at radius 3 is 2.64 bits per heavy atom. The van der Waals surface area contributed by atoms with E-state index in [2.05, 4.69) is 10.6 Å². The van der Waals surface area contributed by atoms with E-state index in [0.717, 1.165) is 0 Å². The second-order valence-corrected chi connectivity index (χ2v) is 3.60. The quantitative estimate of drug-likeness (QED) is 0.673. The number of rotatable bonds is 4. The molecule has 0 aliphatic carbocycles. The van der Waals surface area contributed by atoms with Gasteiger partial charge in [0.15, 0.2) is 5.78 Å². The molecule has 5 nitrogen and oxygen atoms in total. The summed E-state index contributed by atoms with van der Waals surface area (Å²) in [4.78, 5) is 22.6. The molecule has 14 heavy (non-hydrogen) atoms. The molecule has 3 unspecified atom stereocenters. The number of hydrogen-bond donors (Lipinski definition) is 2. The molecule has 5 heteroatoms. The zero-order valence-electron chi connectivity index (χ0n) is 8.66. The highest BCUT2D eigenvalue weighted by atomic mass is 16.5. The van der Waals surface area contributed by atoms with Crippen LogP contribution in [-0.4, -0.2) is 37.1 Å². The third-order valence-corrected chi connectivity index (χ3v) is 2.38. The molecule has 1 aliphatic heterocycles. The Morgan fingerprint density at radius 1 is 1.57 bits per heavy atom. The Balaban J connectivity index is 2.48. The average molecular weight is 200 g/mol. The van der Waals surface area contributed by atoms with Gasteiger partial charge in [-0.1, -0.05) is 0 Å². The number of urea groups is 1. The van der Waals surface area contributed by atoms with Crippen LogP contribution in [0.25, 0.3) is 0 Å². The number of amides is 2. The minimum atomic E-state index is -0.417. The summed E-state index contributed by atoms with van der Waals surface area (Å²) in [7, 11) is 1.56. The maximum Gasteiger partial charge on any atom is 0.315 e. The molecule has 0 saturated carbocycles. The first-order valence-corrected chi connectivity index (χ1v) is 4.67. The Labute approximate surface area is 83.2 Å². The van der Waals surface area contributed by atoms with E-state index in [1.807, 2.05) is 6.92 Å². The number of ketones is 1. The third-order valence-electron chi connectivity index (χ3n) is 2.38. The van der Waals surface area contributed by atoms with Gasteiger partial charge in [0.05, 0.1) is 12.1 Å². The number of carbonyl (C=O) groups is 2. The fourth-order valence-electron chi connectivity index (χ4n) is 1.45. The molecule has 0 spiro atoms. The Hall–Kier alpha value is -1.10. The van der Waals surface area contributed by atoms with Crippen molar-refractivity contribution in [2.45, 2.75) is 38.5 Å². The second kappa shape index (κ2) is 4.41. The highest BCUT2D eigenvalue weighted by molar-refractivity contribution is 5.92. The molecule has 1 fully saturated rings. The summed E-state index contributed by atoms with van der Waals surface area (Å²) in [5.41, 5.74) is 0. The van der Waals surface area contributed by atoms with Gasteiger partial charge in [0.2, 0.25) is 0 Å². The molecule has 1 heterocycles. The smallest absolute Gasteiger partial charge is 0.315 e. The average Bonchev–Trinajstić information content (AvgIpc) is 2.45. The van der Waals surface area contributed by atoms with Crippen molar-refractivity contribution in [1.29, 1.82) is 0 Å². The van der Waals surface area contributed by atoms with Crippen molar-refractivity contribution in [1.82, 2.24) is 10.6 Å². The molecule has 80 valence electrons. The van der Waals surface area contributed by atoms with Crippen LogP contribution in [0.4, 0.5) is 4.79 Å². The summed E-state index contributed by atoms with van der Waals surface area (Å²) in [5, 5.41) is 5.20. The maximum atomic E-state index is 11.6. The summed E-state index contributed by atoms with van der Waals surface area (Å²) >= 11 is 0. The standard InChI is InChI=1S/C9H16N2O3/c1-5(14-3)4-7(12)8-6(2)10-9(13)11-8/h5-6,8H,4H2,1-3H3,(H2,10,11,13). The van der Waals surface area contributed by atoms with Gasteiger partial charge in [-0.05, 0) is 13.8 Å². The van der Waals surface area contributed by atoms with Crippen LogP contribution in [0.2, 0.25) is 0 Å². The Morgan fingerprint density at radius 2 is 2.21 bits per heavy atom. The molecule has 2 N–H and O–H groups in total. The molecule has 1 saturated heterocycles. The largest absolute Gasteiger partial charge is 0.381 e. The summed E-state index contributed by atoms with van der Waals surface area (Å²) < 4.78 is 4.99. The van der Waals surface area contributed by atoms with Gasteiger partial charge in [-0.3, -0.25) is 4.79 Å². The van der Waals surface area contributed by atoms with E-state index in [1.165, 1.54) is 0 Å². The van der Waals surface area contributed by atoms with E-state index in [1.54, 1.807) is 14.0 Å². The molecule has 2 amide bonds.